The van der Waals surface area contributed by atoms with Crippen molar-refractivity contribution in [2.24, 2.45) is 0 Å². The van der Waals surface area contributed by atoms with Gasteiger partial charge in [-0.05, 0) is 35.2 Å². The molecule has 3 rings (SSSR count). The van der Waals surface area contributed by atoms with Crippen LogP contribution in [0, 0.1) is 0 Å². The van der Waals surface area contributed by atoms with E-state index in [9.17, 15) is 0 Å². The van der Waals surface area contributed by atoms with Crippen molar-refractivity contribution < 1.29 is 4.42 Å². The van der Waals surface area contributed by atoms with Crippen LogP contribution >= 0.6 is 23.2 Å². The third-order valence-corrected chi connectivity index (χ3v) is 4.36. The summed E-state index contributed by atoms with van der Waals surface area (Å²) < 4.78 is 5.98. The Bertz CT molecular complexity index is 806. The summed E-state index contributed by atoms with van der Waals surface area (Å²) in [6.07, 6.45) is 0. The van der Waals surface area contributed by atoms with Gasteiger partial charge >= 0.3 is 0 Å². The van der Waals surface area contributed by atoms with E-state index < -0.39 is 0 Å². The molecule has 0 unspecified atom stereocenters. The summed E-state index contributed by atoms with van der Waals surface area (Å²) in [5.41, 5.74) is 3.33. The van der Waals surface area contributed by atoms with E-state index in [2.05, 4.69) is 45.0 Å². The molecule has 0 radical (unpaired) electrons. The molecule has 0 aliphatic rings. The van der Waals surface area contributed by atoms with Crippen LogP contribution in [0.25, 0.3) is 22.6 Å². The first kappa shape index (κ1) is 16.2. The van der Waals surface area contributed by atoms with Crippen molar-refractivity contribution in [3.8, 4) is 22.6 Å². The van der Waals surface area contributed by atoms with E-state index in [1.165, 1.54) is 5.56 Å². The van der Waals surface area contributed by atoms with Crippen molar-refractivity contribution in [2.75, 3.05) is 0 Å². The number of halogens is 2. The molecule has 3 aromatic rings. The van der Waals surface area contributed by atoms with Crippen LogP contribution in [0.15, 0.2) is 59.0 Å². The third-order valence-electron chi connectivity index (χ3n) is 3.83. The van der Waals surface area contributed by atoms with Gasteiger partial charge in [-0.1, -0.05) is 68.2 Å². The van der Waals surface area contributed by atoms with E-state index in [0.717, 1.165) is 16.9 Å². The molecule has 1 nitrogen and oxygen atoms in total. The van der Waals surface area contributed by atoms with Gasteiger partial charge in [0.25, 0.3) is 0 Å². The second-order valence-corrected chi connectivity index (χ2v) is 7.47. The minimum atomic E-state index is 0.125. The van der Waals surface area contributed by atoms with Gasteiger partial charge in [-0.25, -0.2) is 0 Å². The maximum Gasteiger partial charge on any atom is 0.153 e. The van der Waals surface area contributed by atoms with Crippen LogP contribution in [0.4, 0.5) is 0 Å². The summed E-state index contributed by atoms with van der Waals surface area (Å²) in [4.78, 5) is 0. The van der Waals surface area contributed by atoms with Crippen LogP contribution < -0.4 is 0 Å². The first-order valence-corrected chi connectivity index (χ1v) is 8.26. The maximum absolute atomic E-state index is 6.37. The lowest BCUT2D eigenvalue weighted by molar-refractivity contribution is 0.588. The molecule has 0 aliphatic heterocycles. The van der Waals surface area contributed by atoms with Crippen molar-refractivity contribution in [2.45, 2.75) is 26.2 Å². The lowest BCUT2D eigenvalue weighted by Crippen LogP contribution is -2.10. The van der Waals surface area contributed by atoms with Crippen molar-refractivity contribution in [1.29, 1.82) is 0 Å². The molecule has 0 atom stereocenters. The summed E-state index contributed by atoms with van der Waals surface area (Å²) in [5.74, 6) is 1.43. The van der Waals surface area contributed by atoms with Crippen molar-refractivity contribution in [3.63, 3.8) is 0 Å². The lowest BCUT2D eigenvalue weighted by Gasteiger charge is -2.18. The van der Waals surface area contributed by atoms with E-state index in [1.54, 1.807) is 0 Å². The molecule has 2 aromatic carbocycles. The largest absolute Gasteiger partial charge is 0.454 e. The quantitative estimate of drug-likeness (QED) is 0.478. The maximum atomic E-state index is 6.37. The van der Waals surface area contributed by atoms with Crippen LogP contribution in [0.5, 0.6) is 0 Å². The van der Waals surface area contributed by atoms with E-state index in [1.807, 2.05) is 30.3 Å². The highest BCUT2D eigenvalue weighted by Crippen LogP contribution is 2.36. The molecule has 23 heavy (non-hydrogen) atoms. The molecule has 118 valence electrons. The van der Waals surface area contributed by atoms with Crippen LogP contribution in [0.2, 0.25) is 10.0 Å². The van der Waals surface area contributed by atoms with Crippen LogP contribution in [0.3, 0.4) is 0 Å². The van der Waals surface area contributed by atoms with Crippen LogP contribution in [-0.2, 0) is 5.41 Å². The van der Waals surface area contributed by atoms with Crippen molar-refractivity contribution in [1.82, 2.24) is 0 Å². The zero-order valence-electron chi connectivity index (χ0n) is 13.4. The molecular formula is C20H18Cl2O. The van der Waals surface area contributed by atoms with Gasteiger partial charge in [-0.2, -0.15) is 0 Å². The minimum Gasteiger partial charge on any atom is -0.454 e. The van der Waals surface area contributed by atoms with E-state index >= 15 is 0 Å². The van der Waals surface area contributed by atoms with Gasteiger partial charge in [0.05, 0.1) is 5.02 Å². The second kappa shape index (κ2) is 6.07. The minimum absolute atomic E-state index is 0.125. The molecule has 0 fully saturated rings. The topological polar surface area (TPSA) is 13.1 Å². The highest BCUT2D eigenvalue weighted by molar-refractivity contribution is 6.33. The first-order chi connectivity index (χ1) is 10.8. The summed E-state index contributed by atoms with van der Waals surface area (Å²) in [5, 5.41) is 1.31. The van der Waals surface area contributed by atoms with E-state index in [-0.39, 0.29) is 5.41 Å². The van der Waals surface area contributed by atoms with Crippen molar-refractivity contribution in [3.05, 3.63) is 70.2 Å². The van der Waals surface area contributed by atoms with Gasteiger partial charge in [-0.15, -0.1) is 0 Å². The number of hydrogen-bond donors (Lipinski definition) is 0. The van der Waals surface area contributed by atoms with Crippen molar-refractivity contribution >= 4 is 23.2 Å². The number of benzene rings is 2. The zero-order valence-corrected chi connectivity index (χ0v) is 14.9. The lowest BCUT2D eigenvalue weighted by atomic mass is 9.86. The molecule has 0 amide bonds. The van der Waals surface area contributed by atoms with Gasteiger partial charge in [0, 0.05) is 22.2 Å². The average Bonchev–Trinajstić information content (AvgIpc) is 2.89. The Morgan fingerprint density at radius 2 is 1.35 bits per heavy atom. The Labute approximate surface area is 146 Å². The van der Waals surface area contributed by atoms with E-state index in [0.29, 0.717) is 15.8 Å². The van der Waals surface area contributed by atoms with E-state index in [4.69, 9.17) is 27.6 Å². The Kier molecular flexibility index (Phi) is 4.27. The highest BCUT2D eigenvalue weighted by Gasteiger charge is 2.16. The second-order valence-electron chi connectivity index (χ2n) is 6.62. The summed E-state index contributed by atoms with van der Waals surface area (Å²) in [6.45, 7) is 6.58. The fourth-order valence-electron chi connectivity index (χ4n) is 2.44. The highest BCUT2D eigenvalue weighted by atomic mass is 35.5. The molecule has 0 saturated heterocycles. The smallest absolute Gasteiger partial charge is 0.153 e. The third kappa shape index (κ3) is 3.46. The zero-order chi connectivity index (χ0) is 16.6. The SMILES string of the molecule is CC(C)(C)c1ccc(-c2oc(-c3ccc(Cl)cc3)cc2Cl)cc1. The number of furan rings is 1. The van der Waals surface area contributed by atoms with Gasteiger partial charge < -0.3 is 4.42 Å². The standard InChI is InChI=1S/C20H18Cl2O/c1-20(2,3)15-8-4-14(5-9-15)19-17(22)12-18(23-19)13-6-10-16(21)11-7-13/h4-12H,1-3H3. The van der Waals surface area contributed by atoms with Gasteiger partial charge in [0.2, 0.25) is 0 Å². The summed E-state index contributed by atoms with van der Waals surface area (Å²) in [7, 11) is 0. The molecule has 0 spiro atoms. The predicted molar refractivity (Wildman–Crippen MR) is 98.3 cm³/mol. The molecule has 0 bridgehead atoms. The van der Waals surface area contributed by atoms with Gasteiger partial charge in [0.1, 0.15) is 5.76 Å². The Hall–Kier alpha value is -1.70. The molecule has 3 heteroatoms. The molecule has 0 aliphatic carbocycles. The summed E-state index contributed by atoms with van der Waals surface area (Å²) in [6, 6.07) is 17.7. The average molecular weight is 345 g/mol. The number of rotatable bonds is 2. The number of hydrogen-bond acceptors (Lipinski definition) is 1. The fraction of sp³-hybridized carbons (Fsp3) is 0.200. The molecule has 1 aromatic heterocycles. The summed E-state index contributed by atoms with van der Waals surface area (Å²) >= 11 is 12.3. The Morgan fingerprint density at radius 3 is 1.91 bits per heavy atom. The van der Waals surface area contributed by atoms with Gasteiger partial charge in [0.15, 0.2) is 5.76 Å². The Balaban J connectivity index is 1.96. The molecular weight excluding hydrogens is 327 g/mol. The van der Waals surface area contributed by atoms with Gasteiger partial charge in [-0.3, -0.25) is 0 Å². The fourth-order valence-corrected chi connectivity index (χ4v) is 2.82. The van der Waals surface area contributed by atoms with Crippen LogP contribution in [0.1, 0.15) is 26.3 Å². The normalized spacial score (nSPS) is 11.7. The molecule has 0 N–H and O–H groups in total. The monoisotopic (exact) mass is 344 g/mol. The predicted octanol–water partition coefficient (Wildman–Crippen LogP) is 7.22. The van der Waals surface area contributed by atoms with Crippen LogP contribution in [-0.4, -0.2) is 0 Å². The molecule has 0 saturated carbocycles. The first-order valence-electron chi connectivity index (χ1n) is 7.51. The molecule has 1 heterocycles. The Morgan fingerprint density at radius 1 is 0.783 bits per heavy atom.